The second-order valence-electron chi connectivity index (χ2n) is 7.67. The number of amides is 3. The number of primary amides is 1. The summed E-state index contributed by atoms with van der Waals surface area (Å²) in [6.07, 6.45) is 3.50. The number of nitrogens with two attached hydrogens (primary N) is 1. The van der Waals surface area contributed by atoms with Gasteiger partial charge in [0, 0.05) is 38.6 Å². The van der Waals surface area contributed by atoms with Crippen LogP contribution >= 0.6 is 0 Å². The molecule has 0 unspecified atom stereocenters. The van der Waals surface area contributed by atoms with Gasteiger partial charge in [0.25, 0.3) is 0 Å². The van der Waals surface area contributed by atoms with Crippen LogP contribution in [0.2, 0.25) is 0 Å². The molecule has 1 aliphatic heterocycles. The highest BCUT2D eigenvalue weighted by atomic mass is 16.5. The number of carbonyl (C=O) groups excluding carboxylic acids is 2. The maximum Gasteiger partial charge on any atom is 0.312 e. The van der Waals surface area contributed by atoms with Gasteiger partial charge in [-0.1, -0.05) is 30.3 Å². The van der Waals surface area contributed by atoms with Gasteiger partial charge in [-0.15, -0.1) is 0 Å². The largest absolute Gasteiger partial charge is 0.457 e. The summed E-state index contributed by atoms with van der Waals surface area (Å²) in [4.78, 5) is 37.1. The highest BCUT2D eigenvalue weighted by Gasteiger charge is 2.26. The molecule has 0 saturated carbocycles. The summed E-state index contributed by atoms with van der Waals surface area (Å²) in [5.74, 6) is 1.91. The van der Waals surface area contributed by atoms with Crippen LogP contribution in [0.15, 0.2) is 73.1 Å². The van der Waals surface area contributed by atoms with Crippen LogP contribution in [0.5, 0.6) is 11.5 Å². The Balaban J connectivity index is 1.41. The summed E-state index contributed by atoms with van der Waals surface area (Å²) in [6.45, 7) is 2.39. The van der Waals surface area contributed by atoms with Crippen molar-refractivity contribution < 1.29 is 14.3 Å². The maximum atomic E-state index is 13.0. The number of anilines is 1. The van der Waals surface area contributed by atoms with E-state index in [9.17, 15) is 9.59 Å². The Morgan fingerprint density at radius 1 is 0.939 bits per heavy atom. The lowest BCUT2D eigenvalue weighted by Crippen LogP contribution is -2.50. The molecular weight excluding hydrogens is 420 g/mol. The second kappa shape index (κ2) is 10.4. The smallest absolute Gasteiger partial charge is 0.312 e. The Hall–Kier alpha value is -4.14. The molecule has 3 N–H and O–H groups in total. The van der Waals surface area contributed by atoms with E-state index in [1.807, 2.05) is 59.5 Å². The number of piperazine rings is 1. The number of aromatic nitrogens is 2. The number of para-hydroxylation sites is 1. The zero-order chi connectivity index (χ0) is 23.0. The van der Waals surface area contributed by atoms with Crippen molar-refractivity contribution in [2.24, 2.45) is 5.73 Å². The zero-order valence-electron chi connectivity index (χ0n) is 18.1. The number of nitrogens with one attached hydrogen (secondary N) is 1. The minimum Gasteiger partial charge on any atom is -0.457 e. The van der Waals surface area contributed by atoms with Crippen molar-refractivity contribution in [1.29, 1.82) is 0 Å². The first-order valence-electron chi connectivity index (χ1n) is 10.8. The maximum absolute atomic E-state index is 13.0. The second-order valence-corrected chi connectivity index (χ2v) is 7.67. The predicted octanol–water partition coefficient (Wildman–Crippen LogP) is 2.72. The summed E-state index contributed by atoms with van der Waals surface area (Å²) < 4.78 is 5.89. The Kier molecular flexibility index (Phi) is 6.99. The van der Waals surface area contributed by atoms with E-state index < -0.39 is 12.1 Å². The number of rotatable bonds is 7. The normalized spacial score (nSPS) is 14.4. The molecule has 33 heavy (non-hydrogen) atoms. The SMILES string of the molecule is NC(=O)N[C@H](CC(=O)N1CCN(c2ncccn2)CC1)c1cccc(Oc2ccccc2)c1. The van der Waals surface area contributed by atoms with Gasteiger partial charge in [-0.2, -0.15) is 0 Å². The predicted molar refractivity (Wildman–Crippen MR) is 124 cm³/mol. The van der Waals surface area contributed by atoms with E-state index in [0.29, 0.717) is 43.6 Å². The van der Waals surface area contributed by atoms with Crippen LogP contribution in [0.1, 0.15) is 18.0 Å². The molecule has 0 bridgehead atoms. The van der Waals surface area contributed by atoms with Gasteiger partial charge in [-0.25, -0.2) is 14.8 Å². The number of benzene rings is 2. The van der Waals surface area contributed by atoms with Crippen molar-refractivity contribution in [3.05, 3.63) is 78.6 Å². The molecule has 2 heterocycles. The average Bonchev–Trinajstić information content (AvgIpc) is 2.85. The van der Waals surface area contributed by atoms with Crippen LogP contribution in [-0.2, 0) is 4.79 Å². The molecule has 1 aliphatic rings. The van der Waals surface area contributed by atoms with Crippen molar-refractivity contribution in [2.75, 3.05) is 31.1 Å². The minimum atomic E-state index is -0.687. The first kappa shape index (κ1) is 22.1. The lowest BCUT2D eigenvalue weighted by Gasteiger charge is -2.35. The Morgan fingerprint density at radius 2 is 1.64 bits per heavy atom. The van der Waals surface area contributed by atoms with Crippen molar-refractivity contribution >= 4 is 17.9 Å². The minimum absolute atomic E-state index is 0.0586. The van der Waals surface area contributed by atoms with Crippen LogP contribution in [0.4, 0.5) is 10.7 Å². The Labute approximate surface area is 192 Å². The topological polar surface area (TPSA) is 114 Å². The number of hydrogen-bond acceptors (Lipinski definition) is 6. The number of carbonyl (C=O) groups is 2. The van der Waals surface area contributed by atoms with Crippen molar-refractivity contribution in [1.82, 2.24) is 20.2 Å². The van der Waals surface area contributed by atoms with Crippen molar-refractivity contribution in [3.8, 4) is 11.5 Å². The standard InChI is InChI=1S/C24H26N6O3/c25-23(32)28-21(18-6-4-9-20(16-18)33-19-7-2-1-3-8-19)17-22(31)29-12-14-30(15-13-29)24-26-10-5-11-27-24/h1-11,16,21H,12-15,17H2,(H3,25,28,32)/t21-/m1/s1. The molecule has 1 saturated heterocycles. The summed E-state index contributed by atoms with van der Waals surface area (Å²) in [7, 11) is 0. The quantitative estimate of drug-likeness (QED) is 0.577. The van der Waals surface area contributed by atoms with E-state index >= 15 is 0 Å². The van der Waals surface area contributed by atoms with Gasteiger partial charge >= 0.3 is 6.03 Å². The highest BCUT2D eigenvalue weighted by molar-refractivity contribution is 5.79. The molecular formula is C24H26N6O3. The molecule has 2 aromatic carbocycles. The van der Waals surface area contributed by atoms with E-state index in [2.05, 4.69) is 15.3 Å². The van der Waals surface area contributed by atoms with Crippen LogP contribution in [0, 0.1) is 0 Å². The van der Waals surface area contributed by atoms with Gasteiger partial charge in [-0.3, -0.25) is 4.79 Å². The lowest BCUT2D eigenvalue weighted by atomic mass is 10.0. The Bertz CT molecular complexity index is 1070. The van der Waals surface area contributed by atoms with Gasteiger partial charge < -0.3 is 25.6 Å². The van der Waals surface area contributed by atoms with Gasteiger partial charge in [0.2, 0.25) is 11.9 Å². The molecule has 1 atom stereocenters. The fraction of sp³-hybridized carbons (Fsp3) is 0.250. The van der Waals surface area contributed by atoms with Crippen LogP contribution in [0.3, 0.4) is 0 Å². The third-order valence-electron chi connectivity index (χ3n) is 5.40. The van der Waals surface area contributed by atoms with Gasteiger partial charge in [0.1, 0.15) is 11.5 Å². The molecule has 0 spiro atoms. The molecule has 3 aromatic rings. The van der Waals surface area contributed by atoms with E-state index in [1.165, 1.54) is 0 Å². The molecule has 4 rings (SSSR count). The van der Waals surface area contributed by atoms with E-state index in [0.717, 1.165) is 5.56 Å². The molecule has 1 aromatic heterocycles. The van der Waals surface area contributed by atoms with E-state index in [1.54, 1.807) is 23.4 Å². The zero-order valence-corrected chi connectivity index (χ0v) is 18.1. The summed E-state index contributed by atoms with van der Waals surface area (Å²) >= 11 is 0. The van der Waals surface area contributed by atoms with Crippen LogP contribution in [-0.4, -0.2) is 53.0 Å². The summed E-state index contributed by atoms with van der Waals surface area (Å²) in [5, 5.41) is 2.70. The number of urea groups is 1. The first-order valence-corrected chi connectivity index (χ1v) is 10.8. The highest BCUT2D eigenvalue weighted by Crippen LogP contribution is 2.26. The van der Waals surface area contributed by atoms with Crippen LogP contribution < -0.4 is 20.7 Å². The number of nitrogens with zero attached hydrogens (tertiary/aromatic N) is 4. The molecule has 9 nitrogen and oxygen atoms in total. The third-order valence-corrected chi connectivity index (χ3v) is 5.40. The van der Waals surface area contributed by atoms with Crippen molar-refractivity contribution in [3.63, 3.8) is 0 Å². The van der Waals surface area contributed by atoms with Gasteiger partial charge in [0.15, 0.2) is 0 Å². The average molecular weight is 447 g/mol. The molecule has 3 amide bonds. The fourth-order valence-corrected chi connectivity index (χ4v) is 3.76. The third kappa shape index (κ3) is 5.97. The first-order chi connectivity index (χ1) is 16.1. The molecule has 0 radical (unpaired) electrons. The summed E-state index contributed by atoms with van der Waals surface area (Å²) in [5.41, 5.74) is 6.14. The summed E-state index contributed by atoms with van der Waals surface area (Å²) in [6, 6.07) is 17.2. The molecule has 170 valence electrons. The van der Waals surface area contributed by atoms with Crippen molar-refractivity contribution in [2.45, 2.75) is 12.5 Å². The van der Waals surface area contributed by atoms with Gasteiger partial charge in [-0.05, 0) is 35.9 Å². The van der Waals surface area contributed by atoms with E-state index in [-0.39, 0.29) is 12.3 Å². The lowest BCUT2D eigenvalue weighted by molar-refractivity contribution is -0.132. The van der Waals surface area contributed by atoms with Gasteiger partial charge in [0.05, 0.1) is 12.5 Å². The Morgan fingerprint density at radius 3 is 2.33 bits per heavy atom. The number of ether oxygens (including phenoxy) is 1. The monoisotopic (exact) mass is 446 g/mol. The number of hydrogen-bond donors (Lipinski definition) is 2. The molecule has 9 heteroatoms. The molecule has 1 fully saturated rings. The molecule has 0 aliphatic carbocycles. The van der Waals surface area contributed by atoms with Crippen LogP contribution in [0.25, 0.3) is 0 Å². The fourth-order valence-electron chi connectivity index (χ4n) is 3.76. The van der Waals surface area contributed by atoms with E-state index in [4.69, 9.17) is 10.5 Å².